The molecular formula is C18H15ClN4O5. The van der Waals surface area contributed by atoms with Gasteiger partial charge in [-0.2, -0.15) is 4.98 Å². The fourth-order valence-electron chi connectivity index (χ4n) is 2.43. The number of carbonyl (C=O) groups excluding carboxylic acids is 2. The molecule has 0 spiro atoms. The van der Waals surface area contributed by atoms with Gasteiger partial charge >= 0.3 is 12.0 Å². The topological polar surface area (TPSA) is 123 Å². The zero-order valence-electron chi connectivity index (χ0n) is 14.9. The van der Waals surface area contributed by atoms with Gasteiger partial charge in [-0.3, -0.25) is 9.59 Å². The summed E-state index contributed by atoms with van der Waals surface area (Å²) < 4.78 is 9.83. The smallest absolute Gasteiger partial charge is 0.339 e. The number of rotatable bonds is 5. The molecule has 9 nitrogen and oxygen atoms in total. The number of halogens is 1. The molecule has 2 N–H and O–H groups in total. The van der Waals surface area contributed by atoms with Crippen LogP contribution in [0.1, 0.15) is 27.6 Å². The number of benzene rings is 1. The molecule has 28 heavy (non-hydrogen) atoms. The molecule has 10 heteroatoms. The van der Waals surface area contributed by atoms with Crippen molar-refractivity contribution in [3.63, 3.8) is 0 Å². The number of anilines is 1. The minimum absolute atomic E-state index is 0.0135. The minimum atomic E-state index is -0.707. The number of methoxy groups -OCH3 is 1. The zero-order chi connectivity index (χ0) is 20.3. The Hall–Kier alpha value is -3.46. The van der Waals surface area contributed by atoms with Crippen molar-refractivity contribution >= 4 is 40.2 Å². The number of pyridine rings is 1. The number of hydrogen-bond acceptors (Lipinski definition) is 7. The lowest BCUT2D eigenvalue weighted by Gasteiger charge is -2.10. The highest BCUT2D eigenvalue weighted by Gasteiger charge is 2.18. The molecule has 0 saturated carbocycles. The summed E-state index contributed by atoms with van der Waals surface area (Å²) in [6.07, 6.45) is 1.42. The summed E-state index contributed by atoms with van der Waals surface area (Å²) in [5.74, 6) is -1.32. The molecule has 0 unspecified atom stereocenters. The summed E-state index contributed by atoms with van der Waals surface area (Å²) in [5, 5.41) is 2.98. The van der Waals surface area contributed by atoms with Crippen molar-refractivity contribution in [2.75, 3.05) is 19.0 Å². The van der Waals surface area contributed by atoms with E-state index in [4.69, 9.17) is 21.1 Å². The number of nitrogens with zero attached hydrogens (tertiary/aromatic N) is 2. The molecular weight excluding hydrogens is 388 g/mol. The van der Waals surface area contributed by atoms with Crippen LogP contribution in [-0.4, -0.2) is 40.5 Å². The third-order valence-corrected chi connectivity index (χ3v) is 4.15. The molecule has 0 atom stereocenters. The standard InChI is InChI=1S/C18H15ClN4O5/c1-3-28-17(26)10-5-4-6-12(13(10)19)21-15(24)11-7-9-8-20-18(27-2)23-14(9)22-16(11)25/h4-8H,3H2,1-2H3,(H,21,24)(H,20,22,23,25). The van der Waals surface area contributed by atoms with Gasteiger partial charge in [-0.05, 0) is 25.1 Å². The van der Waals surface area contributed by atoms with E-state index in [-0.39, 0.29) is 40.1 Å². The maximum atomic E-state index is 12.6. The lowest BCUT2D eigenvalue weighted by Crippen LogP contribution is -2.23. The highest BCUT2D eigenvalue weighted by atomic mass is 35.5. The third-order valence-electron chi connectivity index (χ3n) is 3.74. The average molecular weight is 403 g/mol. The van der Waals surface area contributed by atoms with Gasteiger partial charge in [0, 0.05) is 11.6 Å². The first kappa shape index (κ1) is 19.3. The molecule has 1 amide bonds. The predicted molar refractivity (Wildman–Crippen MR) is 102 cm³/mol. The molecule has 0 radical (unpaired) electrons. The maximum Gasteiger partial charge on any atom is 0.339 e. The number of fused-ring (bicyclic) bond motifs is 1. The molecule has 0 aliphatic rings. The quantitative estimate of drug-likeness (QED) is 0.628. The second-order valence-corrected chi connectivity index (χ2v) is 5.89. The summed E-state index contributed by atoms with van der Waals surface area (Å²) >= 11 is 6.20. The Balaban J connectivity index is 1.93. The number of hydrogen-bond donors (Lipinski definition) is 2. The van der Waals surface area contributed by atoms with E-state index >= 15 is 0 Å². The number of H-pyrrole nitrogens is 1. The first-order valence-electron chi connectivity index (χ1n) is 8.15. The first-order chi connectivity index (χ1) is 13.4. The summed E-state index contributed by atoms with van der Waals surface area (Å²) in [6, 6.07) is 5.96. The van der Waals surface area contributed by atoms with Gasteiger partial charge in [0.25, 0.3) is 11.5 Å². The number of esters is 1. The number of nitrogens with one attached hydrogen (secondary N) is 2. The van der Waals surface area contributed by atoms with Crippen molar-refractivity contribution in [1.29, 1.82) is 0 Å². The second kappa shape index (κ2) is 8.05. The lowest BCUT2D eigenvalue weighted by molar-refractivity contribution is 0.0526. The fourth-order valence-corrected chi connectivity index (χ4v) is 2.68. The molecule has 1 aromatic carbocycles. The Morgan fingerprint density at radius 3 is 2.79 bits per heavy atom. The van der Waals surface area contributed by atoms with Crippen LogP contribution in [0.5, 0.6) is 6.01 Å². The van der Waals surface area contributed by atoms with Crippen molar-refractivity contribution in [3.05, 3.63) is 57.0 Å². The highest BCUT2D eigenvalue weighted by molar-refractivity contribution is 6.36. The zero-order valence-corrected chi connectivity index (χ0v) is 15.7. The largest absolute Gasteiger partial charge is 0.467 e. The predicted octanol–water partition coefficient (Wildman–Crippen LogP) is 2.41. The van der Waals surface area contributed by atoms with Crippen LogP contribution in [0, 0.1) is 0 Å². The molecule has 3 rings (SSSR count). The monoisotopic (exact) mass is 402 g/mol. The van der Waals surface area contributed by atoms with E-state index in [0.717, 1.165) is 0 Å². The molecule has 3 aromatic rings. The molecule has 0 aliphatic carbocycles. The van der Waals surface area contributed by atoms with Crippen LogP contribution in [0.4, 0.5) is 5.69 Å². The summed E-state index contributed by atoms with van der Waals surface area (Å²) in [5.41, 5.74) is -0.310. The molecule has 2 aromatic heterocycles. The summed E-state index contributed by atoms with van der Waals surface area (Å²) in [4.78, 5) is 47.3. The van der Waals surface area contributed by atoms with Crippen molar-refractivity contribution in [1.82, 2.24) is 15.0 Å². The normalized spacial score (nSPS) is 10.5. The second-order valence-electron chi connectivity index (χ2n) is 5.51. The molecule has 144 valence electrons. The van der Waals surface area contributed by atoms with Gasteiger partial charge in [0.05, 0.1) is 30.0 Å². The van der Waals surface area contributed by atoms with Gasteiger partial charge in [0.2, 0.25) is 0 Å². The lowest BCUT2D eigenvalue weighted by atomic mass is 10.1. The van der Waals surface area contributed by atoms with Gasteiger partial charge in [0.15, 0.2) is 0 Å². The third kappa shape index (κ3) is 3.79. The van der Waals surface area contributed by atoms with E-state index in [1.807, 2.05) is 0 Å². The molecule has 0 fully saturated rings. The number of aromatic nitrogens is 3. The van der Waals surface area contributed by atoms with E-state index < -0.39 is 17.4 Å². The molecule has 0 bridgehead atoms. The Bertz CT molecular complexity index is 1130. The van der Waals surface area contributed by atoms with Gasteiger partial charge in [-0.25, -0.2) is 9.78 Å². The van der Waals surface area contributed by atoms with E-state index in [1.165, 1.54) is 31.5 Å². The van der Waals surface area contributed by atoms with Gasteiger partial charge in [0.1, 0.15) is 11.2 Å². The highest BCUT2D eigenvalue weighted by Crippen LogP contribution is 2.27. The Labute approximate surface area is 163 Å². The summed E-state index contributed by atoms with van der Waals surface area (Å²) in [7, 11) is 1.40. The van der Waals surface area contributed by atoms with Crippen LogP contribution in [-0.2, 0) is 4.74 Å². The summed E-state index contributed by atoms with van der Waals surface area (Å²) in [6.45, 7) is 1.85. The van der Waals surface area contributed by atoms with Crippen molar-refractivity contribution < 1.29 is 19.1 Å². The molecule has 2 heterocycles. The maximum absolute atomic E-state index is 12.6. The first-order valence-corrected chi connectivity index (χ1v) is 8.53. The van der Waals surface area contributed by atoms with E-state index in [9.17, 15) is 14.4 Å². The molecule has 0 aliphatic heterocycles. The Kier molecular flexibility index (Phi) is 5.55. The fraction of sp³-hybridized carbons (Fsp3) is 0.167. The number of carbonyl (C=O) groups is 2. The van der Waals surface area contributed by atoms with E-state index in [0.29, 0.717) is 5.39 Å². The minimum Gasteiger partial charge on any atom is -0.467 e. The van der Waals surface area contributed by atoms with Gasteiger partial charge < -0.3 is 19.8 Å². The van der Waals surface area contributed by atoms with Crippen LogP contribution < -0.4 is 15.6 Å². The number of aromatic amines is 1. The van der Waals surface area contributed by atoms with Crippen LogP contribution >= 0.6 is 11.6 Å². The average Bonchev–Trinajstić information content (AvgIpc) is 2.68. The van der Waals surface area contributed by atoms with Gasteiger partial charge in [-0.1, -0.05) is 17.7 Å². The Morgan fingerprint density at radius 1 is 1.29 bits per heavy atom. The van der Waals surface area contributed by atoms with Gasteiger partial charge in [-0.15, -0.1) is 0 Å². The van der Waals surface area contributed by atoms with E-state index in [1.54, 1.807) is 13.0 Å². The number of amides is 1. The van der Waals surface area contributed by atoms with Crippen LogP contribution in [0.3, 0.4) is 0 Å². The Morgan fingerprint density at radius 2 is 2.07 bits per heavy atom. The SMILES string of the molecule is CCOC(=O)c1cccc(NC(=O)c2cc3cnc(OC)nc3[nH]c2=O)c1Cl. The van der Waals surface area contributed by atoms with Crippen molar-refractivity contribution in [2.24, 2.45) is 0 Å². The van der Waals surface area contributed by atoms with Crippen LogP contribution in [0.2, 0.25) is 5.02 Å². The molecule has 0 saturated heterocycles. The van der Waals surface area contributed by atoms with Crippen molar-refractivity contribution in [2.45, 2.75) is 6.92 Å². The number of ether oxygens (including phenoxy) is 2. The van der Waals surface area contributed by atoms with Crippen LogP contribution in [0.15, 0.2) is 35.3 Å². The van der Waals surface area contributed by atoms with Crippen molar-refractivity contribution in [3.8, 4) is 6.01 Å². The van der Waals surface area contributed by atoms with Crippen LogP contribution in [0.25, 0.3) is 11.0 Å². The van der Waals surface area contributed by atoms with E-state index in [2.05, 4.69) is 20.3 Å².